The molecule has 11 heterocycles. The van der Waals surface area contributed by atoms with Gasteiger partial charge < -0.3 is 14.6 Å². The van der Waals surface area contributed by atoms with Crippen LogP contribution in [-0.4, -0.2) is 94.0 Å². The zero-order chi connectivity index (χ0) is 78.6. The molecule has 20 heteroatoms. The lowest BCUT2D eigenvalue weighted by Crippen LogP contribution is -2.13. The van der Waals surface area contributed by atoms with Gasteiger partial charge in [0.15, 0.2) is 0 Å². The summed E-state index contributed by atoms with van der Waals surface area (Å²) in [4.78, 5) is 69.1. The summed E-state index contributed by atoms with van der Waals surface area (Å²) in [5, 5.41) is 5.61. The second-order valence-electron chi connectivity index (χ2n) is 28.1. The highest BCUT2D eigenvalue weighted by molar-refractivity contribution is 8.13. The first kappa shape index (κ1) is 75.8. The van der Waals surface area contributed by atoms with Crippen molar-refractivity contribution in [2.75, 3.05) is 18.5 Å². The van der Waals surface area contributed by atoms with Gasteiger partial charge in [0.25, 0.3) is 0 Å². The predicted octanol–water partition coefficient (Wildman–Crippen LogP) is 21.2. The molecule has 572 valence electrons. The molecule has 10 aromatic carbocycles. The number of benzene rings is 10. The van der Waals surface area contributed by atoms with Crippen LogP contribution in [0.3, 0.4) is 0 Å². The second-order valence-corrected chi connectivity index (χ2v) is 30.3. The van der Waals surface area contributed by atoms with Crippen LogP contribution in [0.4, 0.5) is 5.82 Å². The summed E-state index contributed by atoms with van der Waals surface area (Å²) in [6.07, 6.45) is 25.3. The predicted molar refractivity (Wildman–Crippen MR) is 477 cm³/mol. The number of fused-ring (bicyclic) bond motifs is 7. The van der Waals surface area contributed by atoms with E-state index >= 15 is 0 Å². The molecule has 0 fully saturated rings. The molecule has 7 aromatic heterocycles. The van der Waals surface area contributed by atoms with Gasteiger partial charge in [0, 0.05) is 80.0 Å². The fourth-order valence-electron chi connectivity index (χ4n) is 14.0. The highest BCUT2D eigenvalue weighted by Gasteiger charge is 2.22. The number of rotatable bonds is 18. The number of hydrogen-bond donors (Lipinski definition) is 1. The molecule has 0 unspecified atom stereocenters. The molecule has 0 spiro atoms. The Bertz CT molecular complexity index is 6130. The van der Waals surface area contributed by atoms with E-state index in [0.717, 1.165) is 203 Å². The van der Waals surface area contributed by atoms with E-state index in [0.29, 0.717) is 19.0 Å². The van der Waals surface area contributed by atoms with Crippen molar-refractivity contribution in [2.24, 2.45) is 15.0 Å². The standard InChI is InChI=1S/C23H22N4.C19H16N4.C19H15N3O.C19H15N3S.C17H13N3S/c1-2-8-17(9-3-1)23-21-12-6-7-15-27(21)22(26-23)14-13-18-16-24-19-10-4-5-11-20(19)25-18;1-2-6-14(7-3-1)16-11-10-15(22-16)12-21-19-13-20-17-8-4-5-9-18(17)23-19;1-2-6-14(7-3-1)16-11-10-15(21-16)13-23-19-12-20-17-8-4-5-9-18(17)22-19;1-2-6-14(7-3-1)16-10-11-19(22-16)23-13-15-12-20-17-8-4-5-9-18(17)21-15;1-2-6-14-13(5-1)18-11-12(19-14)9-10-17-20-15-7-3-4-8-16(15)21-17/h1-5,8-11,16H,6-7,12-15H2;1-9,11,13H,10,12H2,(H,21,23);1-9,11-12H,10,13H2;1-10,12H,11,13H2;1-8,11H,9-10H2. The third-order valence-corrected chi connectivity index (χ3v) is 22.1. The first-order valence-corrected chi connectivity index (χ1v) is 41.2. The van der Waals surface area contributed by atoms with Crippen molar-refractivity contribution in [2.45, 2.75) is 76.5 Å². The summed E-state index contributed by atoms with van der Waals surface area (Å²) in [6.45, 7) is 2.19. The minimum atomic E-state index is 0.430. The van der Waals surface area contributed by atoms with Gasteiger partial charge >= 0.3 is 0 Å². The number of imidazole rings is 1. The number of aryl methyl sites for hydroxylation is 4. The zero-order valence-corrected chi connectivity index (χ0v) is 65.9. The lowest BCUT2D eigenvalue weighted by Gasteiger charge is -2.17. The monoisotopic (exact) mass is 1560 g/mol. The lowest BCUT2D eigenvalue weighted by molar-refractivity contribution is 0.360. The van der Waals surface area contributed by atoms with E-state index < -0.39 is 0 Å². The molecule has 0 saturated carbocycles. The maximum Gasteiger partial charge on any atom is 0.233 e. The molecule has 1 N–H and O–H groups in total. The van der Waals surface area contributed by atoms with E-state index in [2.05, 4.69) is 168 Å². The molecule has 0 atom stereocenters. The number of aromatic nitrogens is 13. The Morgan fingerprint density at radius 1 is 0.368 bits per heavy atom. The molecule has 117 heavy (non-hydrogen) atoms. The van der Waals surface area contributed by atoms with Crippen LogP contribution in [0.2, 0.25) is 0 Å². The molecule has 18 nitrogen and oxygen atoms in total. The molecule has 0 radical (unpaired) electrons. The zero-order valence-electron chi connectivity index (χ0n) is 64.3. The van der Waals surface area contributed by atoms with Crippen molar-refractivity contribution < 1.29 is 4.74 Å². The van der Waals surface area contributed by atoms with Crippen LogP contribution in [0.15, 0.2) is 331 Å². The van der Waals surface area contributed by atoms with E-state index in [-0.39, 0.29) is 0 Å². The van der Waals surface area contributed by atoms with Crippen LogP contribution in [0.5, 0.6) is 5.88 Å². The molecular formula is C97H81N17OS2. The quantitative estimate of drug-likeness (QED) is 0.0845. The average Bonchev–Trinajstić information content (AvgIpc) is 1.64. The van der Waals surface area contributed by atoms with Gasteiger partial charge in [-0.25, -0.2) is 44.9 Å². The van der Waals surface area contributed by atoms with E-state index in [4.69, 9.17) is 24.7 Å². The normalized spacial score (nSPS) is 13.3. The Morgan fingerprint density at radius 2 is 0.812 bits per heavy atom. The highest BCUT2D eigenvalue weighted by Crippen LogP contribution is 2.32. The molecule has 21 rings (SSSR count). The fraction of sp³-hybridized carbons (Fsp3) is 0.144. The van der Waals surface area contributed by atoms with Crippen molar-refractivity contribution >= 4 is 128 Å². The van der Waals surface area contributed by atoms with Gasteiger partial charge in [0.1, 0.15) is 18.2 Å². The van der Waals surface area contributed by atoms with Crippen LogP contribution < -0.4 is 10.1 Å². The Labute approximate surface area is 686 Å². The number of aliphatic imine (C=N–C) groups is 3. The number of para-hydroxylation sites is 11. The van der Waals surface area contributed by atoms with Crippen LogP contribution in [0.25, 0.3) is 93.7 Å². The SMILES string of the molecule is C1=C(c2ccccc2)N=C(CNc2cnc3ccccc3n2)C1.C1=C(c2ccccc2)N=C(COc2cnc3ccccc3n2)C1.C1=C(c2ccccc2)N=C(SCc2cnc3ccccc3n2)C1.c1ccc(-c2nc(CCc3cnc4ccccc4n3)n3c2CCCC3)cc1.c1ccc2nc(CCc3nc4ccccc4s3)cnc2c1. The van der Waals surface area contributed by atoms with Crippen molar-refractivity contribution in [3.05, 3.63) is 366 Å². The lowest BCUT2D eigenvalue weighted by atomic mass is 10.0. The number of nitrogens with zero attached hydrogens (tertiary/aromatic N) is 16. The number of hydrogen-bond acceptors (Lipinski definition) is 19. The Balaban J connectivity index is 0.000000105. The maximum atomic E-state index is 5.74. The highest BCUT2D eigenvalue weighted by atomic mass is 32.2. The van der Waals surface area contributed by atoms with Crippen molar-refractivity contribution in [3.63, 3.8) is 0 Å². The van der Waals surface area contributed by atoms with E-state index in [1.807, 2.05) is 201 Å². The first-order chi connectivity index (χ1) is 57.9. The number of ether oxygens (including phenoxy) is 1. The Morgan fingerprint density at radius 3 is 1.38 bits per heavy atom. The summed E-state index contributed by atoms with van der Waals surface area (Å²) >= 11 is 3.50. The molecule has 4 aliphatic heterocycles. The van der Waals surface area contributed by atoms with Gasteiger partial charge in [0.05, 0.1) is 140 Å². The van der Waals surface area contributed by atoms with Gasteiger partial charge in [-0.05, 0) is 122 Å². The third-order valence-electron chi connectivity index (χ3n) is 19.9. The van der Waals surface area contributed by atoms with E-state index in [1.54, 1.807) is 35.5 Å². The van der Waals surface area contributed by atoms with Gasteiger partial charge in [0.2, 0.25) is 5.88 Å². The molecule has 17 aromatic rings. The summed E-state index contributed by atoms with van der Waals surface area (Å²) in [5.41, 5.74) is 25.8. The number of anilines is 1. The number of nitrogens with one attached hydrogen (secondary N) is 1. The number of thioether (sulfide) groups is 1. The largest absolute Gasteiger partial charge is 0.470 e. The summed E-state index contributed by atoms with van der Waals surface area (Å²) in [5.74, 6) is 3.28. The molecule has 0 amide bonds. The average molecular weight is 1560 g/mol. The minimum Gasteiger partial charge on any atom is -0.470 e. The maximum absolute atomic E-state index is 5.74. The summed E-state index contributed by atoms with van der Waals surface area (Å²) in [7, 11) is 0. The molecule has 4 aliphatic rings. The first-order valence-electron chi connectivity index (χ1n) is 39.4. The molecule has 0 saturated heterocycles. The van der Waals surface area contributed by atoms with Crippen LogP contribution in [0, 0.1) is 0 Å². The molecule has 0 bridgehead atoms. The van der Waals surface area contributed by atoms with E-state index in [1.165, 1.54) is 40.2 Å². The third kappa shape index (κ3) is 19.7. The summed E-state index contributed by atoms with van der Waals surface area (Å²) < 4.78 is 9.44. The van der Waals surface area contributed by atoms with E-state index in [9.17, 15) is 0 Å². The molecular weight excluding hydrogens is 1480 g/mol. The number of thiazole rings is 1. The Kier molecular flexibility index (Phi) is 24.3. The fourth-order valence-corrected chi connectivity index (χ4v) is 15.8. The minimum absolute atomic E-state index is 0.430. The second kappa shape index (κ2) is 37.4. The van der Waals surface area contributed by atoms with Crippen molar-refractivity contribution in [3.8, 4) is 17.1 Å². The van der Waals surface area contributed by atoms with Crippen molar-refractivity contribution in [1.29, 1.82) is 0 Å². The number of allylic oxidation sites excluding steroid dienone is 3. The Hall–Kier alpha value is -13.8. The van der Waals surface area contributed by atoms with Crippen molar-refractivity contribution in [1.82, 2.24) is 64.4 Å². The summed E-state index contributed by atoms with van der Waals surface area (Å²) in [6, 6.07) is 89.1. The van der Waals surface area contributed by atoms with Gasteiger partial charge in [-0.3, -0.25) is 29.9 Å². The van der Waals surface area contributed by atoms with Gasteiger partial charge in [-0.1, -0.05) is 212 Å². The van der Waals surface area contributed by atoms with Crippen LogP contribution in [0.1, 0.15) is 82.4 Å². The van der Waals surface area contributed by atoms with Crippen LogP contribution in [-0.2, 0) is 44.4 Å². The van der Waals surface area contributed by atoms with Gasteiger partial charge in [-0.15, -0.1) is 23.1 Å². The smallest absolute Gasteiger partial charge is 0.233 e. The molecule has 0 aliphatic carbocycles. The van der Waals surface area contributed by atoms with Crippen LogP contribution >= 0.6 is 23.1 Å². The van der Waals surface area contributed by atoms with Gasteiger partial charge in [-0.2, -0.15) is 0 Å². The topological polar surface area (TPSA) is 218 Å².